The summed E-state index contributed by atoms with van der Waals surface area (Å²) in [5, 5.41) is 3.20. The molecule has 4 heteroatoms. The predicted molar refractivity (Wildman–Crippen MR) is 98.1 cm³/mol. The van der Waals surface area contributed by atoms with Crippen LogP contribution in [0.3, 0.4) is 0 Å². The van der Waals surface area contributed by atoms with Crippen LogP contribution in [-0.4, -0.2) is 13.6 Å². The summed E-state index contributed by atoms with van der Waals surface area (Å²) in [6.45, 7) is 5.14. The van der Waals surface area contributed by atoms with E-state index in [0.717, 1.165) is 24.9 Å². The van der Waals surface area contributed by atoms with Crippen LogP contribution >= 0.6 is 12.4 Å². The van der Waals surface area contributed by atoms with Gasteiger partial charge < -0.3 is 10.1 Å². The van der Waals surface area contributed by atoms with Gasteiger partial charge in [0.1, 0.15) is 11.4 Å². The van der Waals surface area contributed by atoms with E-state index < -0.39 is 5.60 Å². The Morgan fingerprint density at radius 1 is 1.00 bits per heavy atom. The van der Waals surface area contributed by atoms with Crippen molar-refractivity contribution in [1.29, 1.82) is 0 Å². The van der Waals surface area contributed by atoms with E-state index in [0.29, 0.717) is 0 Å². The van der Waals surface area contributed by atoms with Crippen LogP contribution in [0, 0.1) is 5.82 Å². The molecule has 130 valence electrons. The van der Waals surface area contributed by atoms with Crippen molar-refractivity contribution in [3.05, 3.63) is 71.0 Å². The quantitative estimate of drug-likeness (QED) is 0.786. The topological polar surface area (TPSA) is 21.3 Å². The molecule has 24 heavy (non-hydrogen) atoms. The Morgan fingerprint density at radius 3 is 2.25 bits per heavy atom. The van der Waals surface area contributed by atoms with Crippen molar-refractivity contribution in [3.63, 3.8) is 0 Å². The highest BCUT2D eigenvalue weighted by Gasteiger charge is 2.49. The number of hydrogen-bond acceptors (Lipinski definition) is 2. The third-order valence-corrected chi connectivity index (χ3v) is 4.71. The maximum absolute atomic E-state index is 13.4. The summed E-state index contributed by atoms with van der Waals surface area (Å²) < 4.78 is 20.0. The average Bonchev–Trinajstić information content (AvgIpc) is 2.77. The summed E-state index contributed by atoms with van der Waals surface area (Å²) >= 11 is 0. The summed E-state index contributed by atoms with van der Waals surface area (Å²) in [6.07, 6.45) is 1.85. The van der Waals surface area contributed by atoms with Gasteiger partial charge in [-0.1, -0.05) is 36.4 Å². The molecule has 1 aliphatic rings. The van der Waals surface area contributed by atoms with E-state index >= 15 is 0 Å². The minimum Gasteiger partial charge on any atom is -0.355 e. The Bertz CT molecular complexity index is 686. The smallest absolute Gasteiger partial charge is 0.123 e. The molecule has 0 radical (unpaired) electrons. The Hall–Kier alpha value is -1.42. The van der Waals surface area contributed by atoms with Crippen LogP contribution in [0.25, 0.3) is 0 Å². The van der Waals surface area contributed by atoms with Crippen molar-refractivity contribution in [3.8, 4) is 0 Å². The van der Waals surface area contributed by atoms with Gasteiger partial charge in [0.15, 0.2) is 0 Å². The van der Waals surface area contributed by atoms with E-state index in [1.54, 1.807) is 0 Å². The number of rotatable bonds is 5. The highest BCUT2D eigenvalue weighted by atomic mass is 35.5. The fraction of sp³-hybridized carbons (Fsp3) is 0.400. The minimum absolute atomic E-state index is 0. The Kier molecular flexibility index (Phi) is 5.69. The van der Waals surface area contributed by atoms with E-state index in [9.17, 15) is 4.39 Å². The number of fused-ring (bicyclic) bond motifs is 1. The Labute approximate surface area is 149 Å². The van der Waals surface area contributed by atoms with Gasteiger partial charge in [0.2, 0.25) is 0 Å². The molecular formula is C20H25ClFNO. The van der Waals surface area contributed by atoms with Crippen molar-refractivity contribution in [2.45, 2.75) is 37.9 Å². The van der Waals surface area contributed by atoms with Crippen LogP contribution < -0.4 is 5.32 Å². The third-order valence-electron chi connectivity index (χ3n) is 4.71. The number of hydrogen-bond donors (Lipinski definition) is 1. The lowest BCUT2D eigenvalue weighted by Crippen LogP contribution is -2.31. The lowest BCUT2D eigenvalue weighted by Gasteiger charge is -2.33. The molecule has 2 aromatic rings. The first kappa shape index (κ1) is 18.9. The molecule has 0 bridgehead atoms. The summed E-state index contributed by atoms with van der Waals surface area (Å²) in [4.78, 5) is 0. The lowest BCUT2D eigenvalue weighted by atomic mass is 9.81. The molecular weight excluding hydrogens is 325 g/mol. The molecule has 1 unspecified atom stereocenters. The molecule has 3 rings (SSSR count). The van der Waals surface area contributed by atoms with Crippen LogP contribution in [0.15, 0.2) is 48.5 Å². The Balaban J connectivity index is 0.00000208. The molecule has 0 saturated heterocycles. The van der Waals surface area contributed by atoms with Gasteiger partial charge >= 0.3 is 0 Å². The molecule has 1 N–H and O–H groups in total. The van der Waals surface area contributed by atoms with Crippen molar-refractivity contribution >= 4 is 12.4 Å². The maximum atomic E-state index is 13.4. The zero-order chi connectivity index (χ0) is 16.5. The SMILES string of the molecule is CNCCCC1(c2ccc(F)cc2)OC(C)(C)c2ccccc21.Cl. The molecule has 1 aliphatic heterocycles. The summed E-state index contributed by atoms with van der Waals surface area (Å²) in [5.74, 6) is -0.218. The van der Waals surface area contributed by atoms with Gasteiger partial charge in [0.05, 0.1) is 5.60 Å². The second kappa shape index (κ2) is 7.22. The number of benzene rings is 2. The van der Waals surface area contributed by atoms with Crippen LogP contribution in [0.4, 0.5) is 4.39 Å². The fourth-order valence-corrected chi connectivity index (χ4v) is 3.68. The zero-order valence-electron chi connectivity index (χ0n) is 14.4. The second-order valence-electron chi connectivity index (χ2n) is 6.70. The predicted octanol–water partition coefficient (Wildman–Crippen LogP) is 4.76. The summed E-state index contributed by atoms with van der Waals surface area (Å²) in [7, 11) is 1.96. The number of ether oxygens (including phenoxy) is 1. The summed E-state index contributed by atoms with van der Waals surface area (Å²) in [5.41, 5.74) is 2.57. The number of nitrogens with one attached hydrogen (secondary N) is 1. The normalized spacial score (nSPS) is 21.2. The van der Waals surface area contributed by atoms with E-state index in [1.165, 1.54) is 23.3 Å². The highest BCUT2D eigenvalue weighted by molar-refractivity contribution is 5.85. The van der Waals surface area contributed by atoms with Gasteiger partial charge in [-0.05, 0) is 69.1 Å². The molecule has 2 nitrogen and oxygen atoms in total. The monoisotopic (exact) mass is 349 g/mol. The van der Waals surface area contributed by atoms with Gasteiger partial charge in [0.25, 0.3) is 0 Å². The standard InChI is InChI=1S/C20H24FNO.ClH/c1-19(2)17-7-4-5-8-18(17)20(23-19,13-6-14-22-3)15-9-11-16(21)12-10-15;/h4-5,7-12,22H,6,13-14H2,1-3H3;1H. The van der Waals surface area contributed by atoms with Crippen molar-refractivity contribution in [2.24, 2.45) is 0 Å². The van der Waals surface area contributed by atoms with Crippen LogP contribution in [0.2, 0.25) is 0 Å². The fourth-order valence-electron chi connectivity index (χ4n) is 3.68. The van der Waals surface area contributed by atoms with Crippen molar-refractivity contribution in [1.82, 2.24) is 5.32 Å². The van der Waals surface area contributed by atoms with Crippen molar-refractivity contribution < 1.29 is 9.13 Å². The van der Waals surface area contributed by atoms with E-state index in [4.69, 9.17) is 4.74 Å². The molecule has 0 amide bonds. The zero-order valence-corrected chi connectivity index (χ0v) is 15.3. The largest absolute Gasteiger partial charge is 0.355 e. The van der Waals surface area contributed by atoms with Gasteiger partial charge in [-0.3, -0.25) is 0 Å². The van der Waals surface area contributed by atoms with Crippen molar-refractivity contribution in [2.75, 3.05) is 13.6 Å². The first-order valence-electron chi connectivity index (χ1n) is 8.20. The van der Waals surface area contributed by atoms with Gasteiger partial charge in [-0.2, -0.15) is 0 Å². The van der Waals surface area contributed by atoms with E-state index in [-0.39, 0.29) is 23.8 Å². The second-order valence-corrected chi connectivity index (χ2v) is 6.70. The maximum Gasteiger partial charge on any atom is 0.123 e. The molecule has 1 atom stereocenters. The van der Waals surface area contributed by atoms with E-state index in [2.05, 4.69) is 43.4 Å². The van der Waals surface area contributed by atoms with Crippen LogP contribution in [0.5, 0.6) is 0 Å². The van der Waals surface area contributed by atoms with Gasteiger partial charge in [-0.15, -0.1) is 12.4 Å². The molecule has 0 aromatic heterocycles. The van der Waals surface area contributed by atoms with Crippen LogP contribution in [0.1, 0.15) is 43.4 Å². The molecule has 0 aliphatic carbocycles. The van der Waals surface area contributed by atoms with Crippen LogP contribution in [-0.2, 0) is 15.9 Å². The van der Waals surface area contributed by atoms with Gasteiger partial charge in [0, 0.05) is 0 Å². The average molecular weight is 350 g/mol. The first-order valence-corrected chi connectivity index (χ1v) is 8.20. The molecule has 0 spiro atoms. The summed E-state index contributed by atoms with van der Waals surface area (Å²) in [6, 6.07) is 15.1. The Morgan fingerprint density at radius 2 is 1.62 bits per heavy atom. The third kappa shape index (κ3) is 3.21. The minimum atomic E-state index is -0.509. The van der Waals surface area contributed by atoms with E-state index in [1.807, 2.05) is 19.2 Å². The first-order chi connectivity index (χ1) is 11.0. The molecule has 2 aromatic carbocycles. The van der Waals surface area contributed by atoms with Gasteiger partial charge in [-0.25, -0.2) is 4.39 Å². The number of halogens is 2. The molecule has 0 fully saturated rings. The molecule has 0 saturated carbocycles. The highest BCUT2D eigenvalue weighted by Crippen LogP contribution is 2.52. The lowest BCUT2D eigenvalue weighted by molar-refractivity contribution is -0.107. The molecule has 1 heterocycles.